The number of carboxylic acids is 1. The fourth-order valence-corrected chi connectivity index (χ4v) is 2.18. The highest BCUT2D eigenvalue weighted by atomic mass is 35.5. The molecule has 0 unspecified atom stereocenters. The minimum Gasteiger partial charge on any atom is -0.478 e. The molecule has 1 aromatic rings. The minimum atomic E-state index is -0.922. The van der Waals surface area contributed by atoms with Gasteiger partial charge in [-0.15, -0.1) is 0 Å². The summed E-state index contributed by atoms with van der Waals surface area (Å²) in [5.41, 5.74) is 0.975. The van der Waals surface area contributed by atoms with Gasteiger partial charge < -0.3 is 10.0 Å². The first-order chi connectivity index (χ1) is 8.01. The molecule has 0 aliphatic rings. The standard InChI is InChI=1S/C13H18ClNO2/c1-4-10(5-2)15(3)12-8-9(14)6-7-11(12)13(16)17/h6-8,10H,4-5H2,1-3H3,(H,16,17). The third kappa shape index (κ3) is 3.13. The molecule has 0 radical (unpaired) electrons. The Morgan fingerprint density at radius 1 is 1.41 bits per heavy atom. The molecule has 1 aromatic carbocycles. The van der Waals surface area contributed by atoms with Crippen LogP contribution in [-0.2, 0) is 0 Å². The lowest BCUT2D eigenvalue weighted by molar-refractivity contribution is 0.0697. The number of rotatable bonds is 5. The second-order valence-electron chi connectivity index (χ2n) is 4.05. The van der Waals surface area contributed by atoms with Crippen molar-refractivity contribution in [3.63, 3.8) is 0 Å². The van der Waals surface area contributed by atoms with Crippen molar-refractivity contribution in [2.45, 2.75) is 32.7 Å². The van der Waals surface area contributed by atoms with Gasteiger partial charge in [0.05, 0.1) is 11.3 Å². The average molecular weight is 256 g/mol. The Bertz CT molecular complexity index is 402. The maximum Gasteiger partial charge on any atom is 0.337 e. The Labute approximate surface area is 107 Å². The third-order valence-corrected chi connectivity index (χ3v) is 3.30. The maximum atomic E-state index is 11.2. The molecule has 1 rings (SSSR count). The van der Waals surface area contributed by atoms with Gasteiger partial charge in [-0.05, 0) is 31.0 Å². The first-order valence-electron chi connectivity index (χ1n) is 5.76. The second kappa shape index (κ2) is 5.92. The normalized spacial score (nSPS) is 10.6. The average Bonchev–Trinajstić information content (AvgIpc) is 2.29. The van der Waals surface area contributed by atoms with Crippen LogP contribution in [0.5, 0.6) is 0 Å². The summed E-state index contributed by atoms with van der Waals surface area (Å²) in [5, 5.41) is 9.72. The molecule has 0 saturated carbocycles. The molecule has 17 heavy (non-hydrogen) atoms. The maximum absolute atomic E-state index is 11.2. The van der Waals surface area contributed by atoms with Gasteiger partial charge in [0.1, 0.15) is 0 Å². The van der Waals surface area contributed by atoms with Gasteiger partial charge in [0.2, 0.25) is 0 Å². The number of carboxylic acid groups (broad SMARTS) is 1. The van der Waals surface area contributed by atoms with Crippen LogP contribution in [0.2, 0.25) is 5.02 Å². The van der Waals surface area contributed by atoms with Crippen molar-refractivity contribution >= 4 is 23.3 Å². The first kappa shape index (κ1) is 13.8. The van der Waals surface area contributed by atoms with E-state index in [-0.39, 0.29) is 0 Å². The molecule has 0 aromatic heterocycles. The van der Waals surface area contributed by atoms with E-state index in [1.807, 2.05) is 11.9 Å². The Balaban J connectivity index is 3.18. The van der Waals surface area contributed by atoms with Crippen LogP contribution >= 0.6 is 11.6 Å². The number of benzene rings is 1. The van der Waals surface area contributed by atoms with Crippen molar-refractivity contribution in [2.75, 3.05) is 11.9 Å². The summed E-state index contributed by atoms with van der Waals surface area (Å²) in [6, 6.07) is 5.20. The Morgan fingerprint density at radius 3 is 2.47 bits per heavy atom. The van der Waals surface area contributed by atoms with Gasteiger partial charge in [0, 0.05) is 18.1 Å². The molecule has 0 aliphatic heterocycles. The number of hydrogen-bond donors (Lipinski definition) is 1. The molecule has 0 atom stereocenters. The van der Waals surface area contributed by atoms with Crippen molar-refractivity contribution in [1.29, 1.82) is 0 Å². The molecular weight excluding hydrogens is 238 g/mol. The van der Waals surface area contributed by atoms with E-state index in [1.54, 1.807) is 18.2 Å². The van der Waals surface area contributed by atoms with E-state index in [2.05, 4.69) is 13.8 Å². The number of aromatic carboxylic acids is 1. The largest absolute Gasteiger partial charge is 0.478 e. The van der Waals surface area contributed by atoms with Crippen LogP contribution in [0.4, 0.5) is 5.69 Å². The van der Waals surface area contributed by atoms with Gasteiger partial charge in [0.15, 0.2) is 0 Å². The van der Waals surface area contributed by atoms with Crippen LogP contribution < -0.4 is 4.90 Å². The highest BCUT2D eigenvalue weighted by molar-refractivity contribution is 6.31. The Hall–Kier alpha value is -1.22. The SMILES string of the molecule is CCC(CC)N(C)c1cc(Cl)ccc1C(=O)O. The van der Waals surface area contributed by atoms with E-state index in [4.69, 9.17) is 16.7 Å². The molecule has 0 saturated heterocycles. The summed E-state index contributed by atoms with van der Waals surface area (Å²) in [5.74, 6) is -0.922. The predicted molar refractivity (Wildman–Crippen MR) is 71.2 cm³/mol. The molecule has 0 spiro atoms. The summed E-state index contributed by atoms with van der Waals surface area (Å²) >= 11 is 5.94. The summed E-state index contributed by atoms with van der Waals surface area (Å²) in [4.78, 5) is 13.2. The number of hydrogen-bond acceptors (Lipinski definition) is 2. The summed E-state index contributed by atoms with van der Waals surface area (Å²) < 4.78 is 0. The molecule has 0 bridgehead atoms. The van der Waals surface area contributed by atoms with E-state index < -0.39 is 5.97 Å². The van der Waals surface area contributed by atoms with Crippen molar-refractivity contribution in [3.8, 4) is 0 Å². The van der Waals surface area contributed by atoms with E-state index >= 15 is 0 Å². The minimum absolute atomic E-state index is 0.295. The fourth-order valence-electron chi connectivity index (χ4n) is 2.01. The Morgan fingerprint density at radius 2 is 2.00 bits per heavy atom. The fraction of sp³-hybridized carbons (Fsp3) is 0.462. The van der Waals surface area contributed by atoms with Crippen molar-refractivity contribution in [3.05, 3.63) is 28.8 Å². The van der Waals surface area contributed by atoms with Crippen molar-refractivity contribution < 1.29 is 9.90 Å². The van der Waals surface area contributed by atoms with Gasteiger partial charge in [-0.25, -0.2) is 4.79 Å². The monoisotopic (exact) mass is 255 g/mol. The summed E-state index contributed by atoms with van der Waals surface area (Å²) in [6.07, 6.45) is 1.94. The smallest absolute Gasteiger partial charge is 0.337 e. The lowest BCUT2D eigenvalue weighted by atomic mass is 10.1. The summed E-state index contributed by atoms with van der Waals surface area (Å²) in [7, 11) is 1.91. The third-order valence-electron chi connectivity index (χ3n) is 3.06. The second-order valence-corrected chi connectivity index (χ2v) is 4.48. The van der Waals surface area contributed by atoms with Gasteiger partial charge >= 0.3 is 5.97 Å². The lowest BCUT2D eigenvalue weighted by Crippen LogP contribution is -2.31. The van der Waals surface area contributed by atoms with Crippen LogP contribution in [0.25, 0.3) is 0 Å². The highest BCUT2D eigenvalue weighted by Gasteiger charge is 2.18. The Kier molecular flexibility index (Phi) is 4.82. The molecule has 0 aliphatic carbocycles. The van der Waals surface area contributed by atoms with E-state index in [9.17, 15) is 4.79 Å². The van der Waals surface area contributed by atoms with Gasteiger partial charge in [-0.1, -0.05) is 25.4 Å². The van der Waals surface area contributed by atoms with Gasteiger partial charge in [-0.3, -0.25) is 0 Å². The molecule has 0 amide bonds. The van der Waals surface area contributed by atoms with Crippen LogP contribution in [0.15, 0.2) is 18.2 Å². The zero-order valence-corrected chi connectivity index (χ0v) is 11.2. The summed E-state index contributed by atoms with van der Waals surface area (Å²) in [6.45, 7) is 4.19. The van der Waals surface area contributed by atoms with E-state index in [0.717, 1.165) is 12.8 Å². The van der Waals surface area contributed by atoms with Crippen LogP contribution in [0.1, 0.15) is 37.0 Å². The molecule has 0 heterocycles. The topological polar surface area (TPSA) is 40.5 Å². The van der Waals surface area contributed by atoms with Crippen molar-refractivity contribution in [2.24, 2.45) is 0 Å². The highest BCUT2D eigenvalue weighted by Crippen LogP contribution is 2.27. The number of nitrogens with zero attached hydrogens (tertiary/aromatic N) is 1. The zero-order chi connectivity index (χ0) is 13.0. The number of halogens is 1. The van der Waals surface area contributed by atoms with Crippen molar-refractivity contribution in [1.82, 2.24) is 0 Å². The predicted octanol–water partition coefficient (Wildman–Crippen LogP) is 3.66. The molecule has 0 fully saturated rings. The quantitative estimate of drug-likeness (QED) is 0.873. The number of carbonyl (C=O) groups is 1. The number of anilines is 1. The van der Waals surface area contributed by atoms with Gasteiger partial charge in [0.25, 0.3) is 0 Å². The van der Waals surface area contributed by atoms with E-state index in [1.165, 1.54) is 0 Å². The van der Waals surface area contributed by atoms with Crippen LogP contribution in [0, 0.1) is 0 Å². The van der Waals surface area contributed by atoms with E-state index in [0.29, 0.717) is 22.3 Å². The molecule has 1 N–H and O–H groups in total. The molecular formula is C13H18ClNO2. The molecule has 4 heteroatoms. The van der Waals surface area contributed by atoms with Crippen LogP contribution in [-0.4, -0.2) is 24.2 Å². The lowest BCUT2D eigenvalue weighted by Gasteiger charge is -2.29. The zero-order valence-electron chi connectivity index (χ0n) is 10.4. The van der Waals surface area contributed by atoms with Crippen LogP contribution in [0.3, 0.4) is 0 Å². The first-order valence-corrected chi connectivity index (χ1v) is 6.14. The molecule has 94 valence electrons. The van der Waals surface area contributed by atoms with Gasteiger partial charge in [-0.2, -0.15) is 0 Å². The molecule has 3 nitrogen and oxygen atoms in total.